The van der Waals surface area contributed by atoms with Crippen molar-refractivity contribution in [3.8, 4) is 5.75 Å². The number of pyridine rings is 1. The van der Waals surface area contributed by atoms with Crippen LogP contribution in [0.1, 0.15) is 24.6 Å². The van der Waals surface area contributed by atoms with Crippen LogP contribution in [0.25, 0.3) is 23.1 Å². The normalized spacial score (nSPS) is 11.0. The molecule has 6 nitrogen and oxygen atoms in total. The van der Waals surface area contributed by atoms with Crippen molar-refractivity contribution in [2.24, 2.45) is 0 Å². The van der Waals surface area contributed by atoms with Gasteiger partial charge in [-0.25, -0.2) is 4.98 Å². The van der Waals surface area contributed by atoms with E-state index in [4.69, 9.17) is 4.74 Å². The lowest BCUT2D eigenvalue weighted by Crippen LogP contribution is -2.06. The molecular weight excluding hydrogens is 332 g/mol. The van der Waals surface area contributed by atoms with Crippen molar-refractivity contribution in [2.45, 2.75) is 13.3 Å². The molecule has 0 atom stereocenters. The Balaban J connectivity index is 1.98. The number of nitro groups is 1. The van der Waals surface area contributed by atoms with Crippen molar-refractivity contribution in [3.63, 3.8) is 0 Å². The first-order valence-corrected chi connectivity index (χ1v) is 8.10. The molecule has 0 spiro atoms. The van der Waals surface area contributed by atoms with Crippen molar-refractivity contribution < 1.29 is 14.5 Å². The SMILES string of the molecule is CCC(=O)Oc1cccc2ccc(C=Cc3ccccc3[N+](=O)[O-])nc12. The molecule has 2 aromatic carbocycles. The van der Waals surface area contributed by atoms with Crippen LogP contribution in [0.3, 0.4) is 0 Å². The third-order valence-corrected chi connectivity index (χ3v) is 3.78. The number of hydrogen-bond acceptors (Lipinski definition) is 5. The Hall–Kier alpha value is -3.54. The number of hydrogen-bond donors (Lipinski definition) is 0. The standard InChI is InChI=1S/C20H16N2O4/c1-2-19(23)26-18-9-5-7-15-11-13-16(21-20(15)18)12-10-14-6-3-4-8-17(14)22(24)25/h3-13H,2H2,1H3. The first-order chi connectivity index (χ1) is 12.6. The average molecular weight is 348 g/mol. The number of nitro benzene ring substituents is 1. The van der Waals surface area contributed by atoms with E-state index in [2.05, 4.69) is 4.98 Å². The minimum atomic E-state index is -0.421. The van der Waals surface area contributed by atoms with Gasteiger partial charge in [0.25, 0.3) is 5.69 Å². The summed E-state index contributed by atoms with van der Waals surface area (Å²) in [6, 6.07) is 15.5. The molecule has 0 aliphatic rings. The van der Waals surface area contributed by atoms with Crippen molar-refractivity contribution >= 4 is 34.7 Å². The predicted molar refractivity (Wildman–Crippen MR) is 99.7 cm³/mol. The Morgan fingerprint density at radius 2 is 1.92 bits per heavy atom. The highest BCUT2D eigenvalue weighted by Gasteiger charge is 2.10. The van der Waals surface area contributed by atoms with Crippen LogP contribution in [-0.2, 0) is 4.79 Å². The molecule has 0 N–H and O–H groups in total. The minimum absolute atomic E-state index is 0.0297. The Kier molecular flexibility index (Phi) is 5.03. The van der Waals surface area contributed by atoms with Crippen LogP contribution >= 0.6 is 0 Å². The second-order valence-electron chi connectivity index (χ2n) is 5.54. The Labute approximate surface area is 149 Å². The second kappa shape index (κ2) is 7.57. The summed E-state index contributed by atoms with van der Waals surface area (Å²) in [5, 5.41) is 11.9. The van der Waals surface area contributed by atoms with E-state index in [1.807, 2.05) is 12.1 Å². The van der Waals surface area contributed by atoms with Crippen LogP contribution in [0, 0.1) is 10.1 Å². The summed E-state index contributed by atoms with van der Waals surface area (Å²) in [5.41, 5.74) is 1.70. The first kappa shape index (κ1) is 17.3. The molecule has 0 amide bonds. The minimum Gasteiger partial charge on any atom is -0.424 e. The molecule has 0 bridgehead atoms. The van der Waals surface area contributed by atoms with Gasteiger partial charge in [0.1, 0.15) is 5.52 Å². The summed E-state index contributed by atoms with van der Waals surface area (Å²) < 4.78 is 5.33. The summed E-state index contributed by atoms with van der Waals surface area (Å²) in [6.45, 7) is 1.72. The zero-order valence-electron chi connectivity index (χ0n) is 14.1. The summed E-state index contributed by atoms with van der Waals surface area (Å²) >= 11 is 0. The Bertz CT molecular complexity index is 1010. The van der Waals surface area contributed by atoms with E-state index < -0.39 is 4.92 Å². The molecule has 26 heavy (non-hydrogen) atoms. The molecule has 1 heterocycles. The number of ether oxygens (including phenoxy) is 1. The van der Waals surface area contributed by atoms with Crippen LogP contribution in [0.2, 0.25) is 0 Å². The van der Waals surface area contributed by atoms with E-state index in [1.54, 1.807) is 55.5 Å². The van der Waals surface area contributed by atoms with Gasteiger partial charge in [0.05, 0.1) is 16.2 Å². The average Bonchev–Trinajstić information content (AvgIpc) is 2.66. The second-order valence-corrected chi connectivity index (χ2v) is 5.54. The fourth-order valence-electron chi connectivity index (χ4n) is 2.47. The quantitative estimate of drug-likeness (QED) is 0.290. The van der Waals surface area contributed by atoms with Crippen LogP contribution in [0.15, 0.2) is 54.6 Å². The maximum atomic E-state index is 11.6. The van der Waals surface area contributed by atoms with Gasteiger partial charge in [-0.15, -0.1) is 0 Å². The van der Waals surface area contributed by atoms with Gasteiger partial charge in [0, 0.05) is 17.9 Å². The van der Waals surface area contributed by atoms with Crippen LogP contribution in [0.5, 0.6) is 5.75 Å². The van der Waals surface area contributed by atoms with Gasteiger partial charge in [0.2, 0.25) is 0 Å². The smallest absolute Gasteiger partial charge is 0.310 e. The maximum Gasteiger partial charge on any atom is 0.310 e. The summed E-state index contributed by atoms with van der Waals surface area (Å²) in [4.78, 5) is 26.8. The predicted octanol–water partition coefficient (Wildman–Crippen LogP) is 4.63. The number of benzene rings is 2. The van der Waals surface area contributed by atoms with Gasteiger partial charge in [-0.3, -0.25) is 14.9 Å². The lowest BCUT2D eigenvalue weighted by molar-refractivity contribution is -0.385. The highest BCUT2D eigenvalue weighted by Crippen LogP contribution is 2.25. The number of carbonyl (C=O) groups is 1. The number of fused-ring (bicyclic) bond motifs is 1. The van der Waals surface area contributed by atoms with E-state index in [0.29, 0.717) is 22.5 Å². The molecule has 0 saturated carbocycles. The third-order valence-electron chi connectivity index (χ3n) is 3.78. The Morgan fingerprint density at radius 3 is 2.69 bits per heavy atom. The van der Waals surface area contributed by atoms with Crippen molar-refractivity contribution in [3.05, 3.63) is 76.0 Å². The van der Waals surface area contributed by atoms with E-state index in [0.717, 1.165) is 5.39 Å². The summed E-state index contributed by atoms with van der Waals surface area (Å²) in [6.07, 6.45) is 3.61. The van der Waals surface area contributed by atoms with Crippen LogP contribution in [0.4, 0.5) is 5.69 Å². The van der Waals surface area contributed by atoms with Crippen LogP contribution < -0.4 is 4.74 Å². The molecule has 3 rings (SSSR count). The Morgan fingerprint density at radius 1 is 1.12 bits per heavy atom. The molecule has 3 aromatic rings. The molecule has 1 aromatic heterocycles. The highest BCUT2D eigenvalue weighted by atomic mass is 16.6. The molecule has 0 saturated heterocycles. The van der Waals surface area contributed by atoms with Crippen molar-refractivity contribution in [1.29, 1.82) is 0 Å². The molecule has 6 heteroatoms. The first-order valence-electron chi connectivity index (χ1n) is 8.10. The summed E-state index contributed by atoms with van der Waals surface area (Å²) in [7, 11) is 0. The number of rotatable bonds is 5. The largest absolute Gasteiger partial charge is 0.424 e. The molecule has 130 valence electrons. The maximum absolute atomic E-state index is 11.6. The lowest BCUT2D eigenvalue weighted by Gasteiger charge is -2.07. The van der Waals surface area contributed by atoms with E-state index in [1.165, 1.54) is 6.07 Å². The van der Waals surface area contributed by atoms with Gasteiger partial charge in [-0.1, -0.05) is 37.3 Å². The monoisotopic (exact) mass is 348 g/mol. The summed E-state index contributed by atoms with van der Waals surface area (Å²) in [5.74, 6) is 0.0652. The van der Waals surface area contributed by atoms with E-state index in [9.17, 15) is 14.9 Å². The van der Waals surface area contributed by atoms with Gasteiger partial charge < -0.3 is 4.74 Å². The molecule has 0 aliphatic heterocycles. The number of carbonyl (C=O) groups excluding carboxylic acids is 1. The molecule has 0 unspecified atom stereocenters. The van der Waals surface area contributed by atoms with Crippen molar-refractivity contribution in [2.75, 3.05) is 0 Å². The third kappa shape index (κ3) is 3.75. The molecular formula is C20H16N2O4. The van der Waals surface area contributed by atoms with Crippen LogP contribution in [-0.4, -0.2) is 15.9 Å². The number of esters is 1. The van der Waals surface area contributed by atoms with Gasteiger partial charge in [-0.2, -0.15) is 0 Å². The molecule has 0 aliphatic carbocycles. The lowest BCUT2D eigenvalue weighted by atomic mass is 10.1. The topological polar surface area (TPSA) is 82.3 Å². The fraction of sp³-hybridized carbons (Fsp3) is 0.100. The highest BCUT2D eigenvalue weighted by molar-refractivity contribution is 5.88. The molecule has 0 fully saturated rings. The van der Waals surface area contributed by atoms with Gasteiger partial charge in [-0.05, 0) is 30.4 Å². The van der Waals surface area contributed by atoms with Crippen molar-refractivity contribution in [1.82, 2.24) is 4.98 Å². The van der Waals surface area contributed by atoms with E-state index in [-0.39, 0.29) is 18.1 Å². The zero-order valence-corrected chi connectivity index (χ0v) is 14.1. The van der Waals surface area contributed by atoms with E-state index >= 15 is 0 Å². The van der Waals surface area contributed by atoms with Gasteiger partial charge in [0.15, 0.2) is 5.75 Å². The van der Waals surface area contributed by atoms with Gasteiger partial charge >= 0.3 is 5.97 Å². The fourth-order valence-corrected chi connectivity index (χ4v) is 2.47. The zero-order chi connectivity index (χ0) is 18.5. The number of nitrogens with zero attached hydrogens (tertiary/aromatic N) is 2. The molecule has 0 radical (unpaired) electrons. The number of para-hydroxylation sites is 2. The number of aromatic nitrogens is 1.